The summed E-state index contributed by atoms with van der Waals surface area (Å²) < 4.78 is 5.35. The van der Waals surface area contributed by atoms with Crippen molar-refractivity contribution in [3.63, 3.8) is 0 Å². The van der Waals surface area contributed by atoms with Crippen molar-refractivity contribution < 1.29 is 9.66 Å². The van der Waals surface area contributed by atoms with Gasteiger partial charge in [-0.05, 0) is 24.6 Å². The number of hydrogen-bond donors (Lipinski definition) is 0. The molecule has 0 atom stereocenters. The van der Waals surface area contributed by atoms with E-state index in [0.29, 0.717) is 10.7 Å². The molecule has 8 heteroatoms. The molecule has 1 heterocycles. The molecule has 1 aromatic heterocycles. The summed E-state index contributed by atoms with van der Waals surface area (Å²) in [6.07, 6.45) is 0. The summed E-state index contributed by atoms with van der Waals surface area (Å²) in [5, 5.41) is 11.2. The van der Waals surface area contributed by atoms with E-state index in [1.54, 1.807) is 6.92 Å². The minimum atomic E-state index is -0.568. The zero-order valence-corrected chi connectivity index (χ0v) is 11.1. The molecule has 0 spiro atoms. The third-order valence-corrected chi connectivity index (χ3v) is 2.54. The summed E-state index contributed by atoms with van der Waals surface area (Å²) >= 11 is 11.5. The van der Waals surface area contributed by atoms with E-state index in [-0.39, 0.29) is 22.6 Å². The molecule has 2 aromatic rings. The summed E-state index contributed by atoms with van der Waals surface area (Å²) in [6, 6.07) is 5.51. The fourth-order valence-electron chi connectivity index (χ4n) is 1.39. The molecule has 0 aliphatic heterocycles. The lowest BCUT2D eigenvalue weighted by molar-refractivity contribution is -0.385. The normalized spacial score (nSPS) is 10.3. The van der Waals surface area contributed by atoms with Gasteiger partial charge in [-0.1, -0.05) is 11.6 Å². The number of ether oxygens (including phenoxy) is 1. The van der Waals surface area contributed by atoms with E-state index in [0.717, 1.165) is 0 Å². The number of nitro benzene ring substituents is 1. The second-order valence-electron chi connectivity index (χ2n) is 3.59. The van der Waals surface area contributed by atoms with E-state index in [4.69, 9.17) is 27.9 Å². The van der Waals surface area contributed by atoms with Gasteiger partial charge in [-0.25, -0.2) is 4.98 Å². The van der Waals surface area contributed by atoms with Crippen molar-refractivity contribution in [1.82, 2.24) is 9.97 Å². The van der Waals surface area contributed by atoms with Crippen LogP contribution in [0.2, 0.25) is 10.3 Å². The predicted octanol–water partition coefficient (Wildman–Crippen LogP) is 3.79. The van der Waals surface area contributed by atoms with Gasteiger partial charge in [0.2, 0.25) is 16.9 Å². The Bertz CT molecular complexity index is 629. The van der Waals surface area contributed by atoms with Gasteiger partial charge < -0.3 is 4.74 Å². The highest BCUT2D eigenvalue weighted by Gasteiger charge is 2.17. The predicted molar refractivity (Wildman–Crippen MR) is 70.0 cm³/mol. The third kappa shape index (κ3) is 3.30. The molecule has 0 saturated carbocycles. The van der Waals surface area contributed by atoms with Gasteiger partial charge in [0.15, 0.2) is 0 Å². The molecule has 98 valence electrons. The molecule has 0 N–H and O–H groups in total. The minimum absolute atomic E-state index is 0.000295. The van der Waals surface area contributed by atoms with Crippen LogP contribution in [0.4, 0.5) is 5.69 Å². The largest absolute Gasteiger partial charge is 0.432 e. The van der Waals surface area contributed by atoms with Gasteiger partial charge in [0, 0.05) is 28.9 Å². The van der Waals surface area contributed by atoms with Gasteiger partial charge in [-0.15, -0.1) is 0 Å². The van der Waals surface area contributed by atoms with Crippen molar-refractivity contribution in [2.75, 3.05) is 0 Å². The molecule has 0 unspecified atom stereocenters. The number of aromatic nitrogens is 2. The molecule has 0 saturated heterocycles. The van der Waals surface area contributed by atoms with E-state index < -0.39 is 4.92 Å². The number of hydrogen-bond acceptors (Lipinski definition) is 5. The van der Waals surface area contributed by atoms with E-state index in [9.17, 15) is 10.1 Å². The second-order valence-corrected chi connectivity index (χ2v) is 4.36. The third-order valence-electron chi connectivity index (χ3n) is 2.14. The number of halogens is 2. The highest BCUT2D eigenvalue weighted by molar-refractivity contribution is 6.30. The van der Waals surface area contributed by atoms with Crippen LogP contribution in [0.1, 0.15) is 5.69 Å². The summed E-state index contributed by atoms with van der Waals surface area (Å²) in [6.45, 7) is 1.70. The van der Waals surface area contributed by atoms with Crippen LogP contribution in [0.15, 0.2) is 24.3 Å². The average molecular weight is 300 g/mol. The zero-order chi connectivity index (χ0) is 14.0. The highest BCUT2D eigenvalue weighted by Crippen LogP contribution is 2.33. The lowest BCUT2D eigenvalue weighted by Gasteiger charge is -2.06. The Balaban J connectivity index is 2.42. The number of aryl methyl sites for hydroxylation is 1. The molecule has 0 radical (unpaired) electrons. The number of rotatable bonds is 3. The van der Waals surface area contributed by atoms with Crippen molar-refractivity contribution in [3.05, 3.63) is 50.4 Å². The van der Waals surface area contributed by atoms with Gasteiger partial charge in [0.05, 0.1) is 4.92 Å². The summed E-state index contributed by atoms with van der Waals surface area (Å²) in [5.41, 5.74) is 0.372. The Kier molecular flexibility index (Phi) is 3.82. The Morgan fingerprint density at radius 1 is 1.26 bits per heavy atom. The van der Waals surface area contributed by atoms with E-state index >= 15 is 0 Å². The van der Waals surface area contributed by atoms with Gasteiger partial charge >= 0.3 is 5.69 Å². The first kappa shape index (κ1) is 13.5. The Morgan fingerprint density at radius 3 is 2.63 bits per heavy atom. The van der Waals surface area contributed by atoms with E-state index in [1.807, 2.05) is 0 Å². The van der Waals surface area contributed by atoms with Gasteiger partial charge in [0.1, 0.15) is 0 Å². The molecular weight excluding hydrogens is 293 g/mol. The van der Waals surface area contributed by atoms with Crippen molar-refractivity contribution >= 4 is 28.9 Å². The van der Waals surface area contributed by atoms with Crippen molar-refractivity contribution in [2.24, 2.45) is 0 Å². The lowest BCUT2D eigenvalue weighted by Crippen LogP contribution is -1.96. The number of nitrogens with zero attached hydrogens (tertiary/aromatic N) is 3. The minimum Gasteiger partial charge on any atom is -0.432 e. The van der Waals surface area contributed by atoms with Crippen LogP contribution in [-0.4, -0.2) is 14.9 Å². The standard InChI is InChI=1S/C11H7Cl2N3O3/c1-6-4-10(15-11(13)14-6)19-9-5-7(12)2-3-8(9)16(17)18/h2-5H,1H3. The van der Waals surface area contributed by atoms with Crippen LogP contribution < -0.4 is 4.74 Å². The number of benzene rings is 1. The molecule has 0 aliphatic carbocycles. The monoisotopic (exact) mass is 299 g/mol. The maximum atomic E-state index is 10.9. The van der Waals surface area contributed by atoms with Gasteiger partial charge in [-0.2, -0.15) is 4.98 Å². The first-order valence-electron chi connectivity index (χ1n) is 5.08. The van der Waals surface area contributed by atoms with Crippen LogP contribution in [-0.2, 0) is 0 Å². The van der Waals surface area contributed by atoms with Crippen LogP contribution in [0.25, 0.3) is 0 Å². The molecule has 6 nitrogen and oxygen atoms in total. The number of nitro groups is 1. The van der Waals surface area contributed by atoms with Crippen LogP contribution >= 0.6 is 23.2 Å². The SMILES string of the molecule is Cc1cc(Oc2cc(Cl)ccc2[N+](=O)[O-])nc(Cl)n1. The molecule has 0 bridgehead atoms. The quantitative estimate of drug-likeness (QED) is 0.489. The molecule has 1 aromatic carbocycles. The van der Waals surface area contributed by atoms with Crippen molar-refractivity contribution in [1.29, 1.82) is 0 Å². The average Bonchev–Trinajstić information content (AvgIpc) is 2.26. The van der Waals surface area contributed by atoms with Crippen LogP contribution in [0.3, 0.4) is 0 Å². The summed E-state index contributed by atoms with van der Waals surface area (Å²) in [5.74, 6) is 0.106. The molecular formula is C11H7Cl2N3O3. The van der Waals surface area contributed by atoms with E-state index in [1.165, 1.54) is 24.3 Å². The van der Waals surface area contributed by atoms with Gasteiger partial charge in [0.25, 0.3) is 0 Å². The molecule has 0 amide bonds. The molecule has 0 aliphatic rings. The Morgan fingerprint density at radius 2 is 2.00 bits per heavy atom. The first-order valence-corrected chi connectivity index (χ1v) is 5.84. The van der Waals surface area contributed by atoms with Crippen LogP contribution in [0, 0.1) is 17.0 Å². The van der Waals surface area contributed by atoms with E-state index in [2.05, 4.69) is 9.97 Å². The Labute approximate surface area is 118 Å². The first-order chi connectivity index (χ1) is 8.95. The molecule has 19 heavy (non-hydrogen) atoms. The Hall–Kier alpha value is -1.92. The van der Waals surface area contributed by atoms with Crippen molar-refractivity contribution in [3.8, 4) is 11.6 Å². The highest BCUT2D eigenvalue weighted by atomic mass is 35.5. The second kappa shape index (κ2) is 5.38. The lowest BCUT2D eigenvalue weighted by atomic mass is 10.3. The maximum Gasteiger partial charge on any atom is 0.311 e. The fraction of sp³-hybridized carbons (Fsp3) is 0.0909. The van der Waals surface area contributed by atoms with Crippen molar-refractivity contribution in [2.45, 2.75) is 6.92 Å². The maximum absolute atomic E-state index is 10.9. The summed E-state index contributed by atoms with van der Waals surface area (Å²) in [4.78, 5) is 18.0. The smallest absolute Gasteiger partial charge is 0.311 e. The van der Waals surface area contributed by atoms with Gasteiger partial charge in [-0.3, -0.25) is 10.1 Å². The molecule has 2 rings (SSSR count). The molecule has 0 fully saturated rings. The summed E-state index contributed by atoms with van der Waals surface area (Å²) in [7, 11) is 0. The fourth-order valence-corrected chi connectivity index (χ4v) is 1.77. The van der Waals surface area contributed by atoms with Crippen LogP contribution in [0.5, 0.6) is 11.6 Å². The topological polar surface area (TPSA) is 78.2 Å². The zero-order valence-electron chi connectivity index (χ0n) is 9.63.